The highest BCUT2D eigenvalue weighted by atomic mass is 19.4. The molecule has 0 aromatic carbocycles. The fourth-order valence-electron chi connectivity index (χ4n) is 4.71. The molecule has 190 valence electrons. The van der Waals surface area contributed by atoms with Crippen LogP contribution in [0, 0.1) is 6.92 Å². The van der Waals surface area contributed by atoms with E-state index in [1.807, 2.05) is 19.2 Å². The summed E-state index contributed by atoms with van der Waals surface area (Å²) in [5.41, 5.74) is 1.01. The van der Waals surface area contributed by atoms with E-state index in [2.05, 4.69) is 25.5 Å². The number of nitrogens with one attached hydrogen (secondary N) is 2. The van der Waals surface area contributed by atoms with E-state index in [1.165, 1.54) is 0 Å². The fraction of sp³-hybridized carbons (Fsp3) is 0.440. The third-order valence-electron chi connectivity index (χ3n) is 6.72. The van der Waals surface area contributed by atoms with Crippen LogP contribution in [0.2, 0.25) is 0 Å². The maximum absolute atomic E-state index is 13.5. The molecule has 1 atom stereocenters. The van der Waals surface area contributed by atoms with Gasteiger partial charge in [-0.25, -0.2) is 4.99 Å². The van der Waals surface area contributed by atoms with Crippen LogP contribution < -0.4 is 10.6 Å². The number of allylic oxidation sites excluding steroid dienone is 3. The van der Waals surface area contributed by atoms with E-state index in [-0.39, 0.29) is 24.2 Å². The van der Waals surface area contributed by atoms with Gasteiger partial charge in [-0.1, -0.05) is 0 Å². The number of rotatable bonds is 4. The number of aromatic nitrogens is 1. The van der Waals surface area contributed by atoms with Gasteiger partial charge in [-0.05, 0) is 42.7 Å². The van der Waals surface area contributed by atoms with Crippen LogP contribution in [-0.4, -0.2) is 72.5 Å². The minimum Gasteiger partial charge on any atom is -0.379 e. The Bertz CT molecular complexity index is 1210. The zero-order chi connectivity index (χ0) is 25.3. The number of Topliss-reactive ketones (excluding diaryl/α,β-unsaturated/α-hetero) is 1. The number of carbonyl (C=O) groups is 1. The molecular weight excluding hydrogens is 473 g/mol. The van der Waals surface area contributed by atoms with Crippen molar-refractivity contribution in [2.75, 3.05) is 38.2 Å². The Morgan fingerprint density at radius 2 is 2.00 bits per heavy atom. The Labute approximate surface area is 206 Å². The van der Waals surface area contributed by atoms with Crippen molar-refractivity contribution < 1.29 is 22.7 Å². The van der Waals surface area contributed by atoms with Crippen LogP contribution in [0.4, 0.5) is 18.9 Å². The summed E-state index contributed by atoms with van der Waals surface area (Å²) in [5.74, 6) is 0.144. The van der Waals surface area contributed by atoms with Gasteiger partial charge in [0.05, 0.1) is 30.2 Å². The molecule has 0 bridgehead atoms. The largest absolute Gasteiger partial charge is 0.416 e. The second-order valence-corrected chi connectivity index (χ2v) is 9.21. The maximum Gasteiger partial charge on any atom is 0.416 e. The number of anilines is 1. The van der Waals surface area contributed by atoms with Crippen molar-refractivity contribution in [2.24, 2.45) is 9.98 Å². The average molecular weight is 501 g/mol. The van der Waals surface area contributed by atoms with Crippen molar-refractivity contribution in [3.8, 4) is 0 Å². The number of nitrogens with zero attached hydrogens (tertiary/aromatic N) is 4. The maximum atomic E-state index is 13.5. The van der Waals surface area contributed by atoms with Crippen LogP contribution in [0.25, 0.3) is 0 Å². The van der Waals surface area contributed by atoms with Crippen LogP contribution in [0.5, 0.6) is 0 Å². The number of morpholine rings is 1. The third-order valence-corrected chi connectivity index (χ3v) is 6.72. The molecule has 4 aliphatic rings. The van der Waals surface area contributed by atoms with Crippen LogP contribution in [0.3, 0.4) is 0 Å². The molecule has 1 aromatic heterocycles. The highest BCUT2D eigenvalue weighted by molar-refractivity contribution is 5.98. The third kappa shape index (κ3) is 4.98. The highest BCUT2D eigenvalue weighted by Gasteiger charge is 2.47. The first-order chi connectivity index (χ1) is 17.2. The average Bonchev–Trinajstić information content (AvgIpc) is 3.03. The van der Waals surface area contributed by atoms with Crippen LogP contribution in [0.1, 0.15) is 24.1 Å². The summed E-state index contributed by atoms with van der Waals surface area (Å²) in [5, 5.41) is 6.28. The fourth-order valence-corrected chi connectivity index (χ4v) is 4.71. The van der Waals surface area contributed by atoms with Gasteiger partial charge in [-0.3, -0.25) is 19.7 Å². The minimum atomic E-state index is -4.56. The first-order valence-electron chi connectivity index (χ1n) is 11.9. The Kier molecular flexibility index (Phi) is 6.52. The molecule has 5 rings (SSSR count). The lowest BCUT2D eigenvalue weighted by Gasteiger charge is -2.37. The number of carbonyl (C=O) groups excluding carboxylic acids is 1. The van der Waals surface area contributed by atoms with Gasteiger partial charge in [0.1, 0.15) is 5.78 Å². The first kappa shape index (κ1) is 24.4. The molecule has 1 spiro atoms. The van der Waals surface area contributed by atoms with E-state index in [1.54, 1.807) is 6.20 Å². The van der Waals surface area contributed by atoms with E-state index < -0.39 is 17.4 Å². The van der Waals surface area contributed by atoms with Crippen LogP contribution in [-0.2, 0) is 16.0 Å². The smallest absolute Gasteiger partial charge is 0.379 e. The molecule has 0 radical (unpaired) electrons. The number of hydrogen-bond donors (Lipinski definition) is 2. The molecule has 1 unspecified atom stereocenters. The number of halogens is 3. The highest BCUT2D eigenvalue weighted by Crippen LogP contribution is 2.44. The summed E-state index contributed by atoms with van der Waals surface area (Å²) in [6.45, 7) is 6.06. The van der Waals surface area contributed by atoms with Gasteiger partial charge >= 0.3 is 6.18 Å². The Balaban J connectivity index is 1.40. The summed E-state index contributed by atoms with van der Waals surface area (Å²) < 4.78 is 45.8. The van der Waals surface area contributed by atoms with Crippen LogP contribution in [0.15, 0.2) is 57.3 Å². The van der Waals surface area contributed by atoms with Crippen molar-refractivity contribution >= 4 is 23.6 Å². The van der Waals surface area contributed by atoms with Crippen molar-refractivity contribution in [1.82, 2.24) is 15.2 Å². The van der Waals surface area contributed by atoms with Gasteiger partial charge in [0.15, 0.2) is 5.66 Å². The lowest BCUT2D eigenvalue weighted by Crippen LogP contribution is -2.44. The quantitative estimate of drug-likeness (QED) is 0.661. The number of aliphatic imine (C=N–C) groups is 2. The lowest BCUT2D eigenvalue weighted by atomic mass is 9.79. The molecule has 1 aromatic rings. The molecular formula is C25H27F3N6O2. The van der Waals surface area contributed by atoms with E-state index in [0.717, 1.165) is 74.6 Å². The number of hydrogen-bond acceptors (Lipinski definition) is 8. The van der Waals surface area contributed by atoms with Gasteiger partial charge in [0, 0.05) is 56.7 Å². The molecule has 8 nitrogen and oxygen atoms in total. The van der Waals surface area contributed by atoms with Crippen molar-refractivity contribution in [3.63, 3.8) is 0 Å². The van der Waals surface area contributed by atoms with Gasteiger partial charge in [-0.15, -0.1) is 0 Å². The standard InChI is InChI=1S/C25H27F3N6O2/c1-16-22(10-17(14-29-16)3-5-34-6-8-36-9-7-34)32-23-30-15-20-13-21(35)12-19-11-18(25(26,27)28)2-4-31-24(19,20)33-23/h2,4,10-11,14-15H,3,5-9,12-13H2,1H3,(H2,30,32,33). The summed E-state index contributed by atoms with van der Waals surface area (Å²) in [6, 6.07) is 2.00. The number of aryl methyl sites for hydroxylation is 1. The predicted octanol–water partition coefficient (Wildman–Crippen LogP) is 3.08. The zero-order valence-electron chi connectivity index (χ0n) is 19.9. The summed E-state index contributed by atoms with van der Waals surface area (Å²) in [4.78, 5) is 28.3. The molecule has 4 heterocycles. The van der Waals surface area contributed by atoms with Crippen molar-refractivity contribution in [3.05, 3.63) is 58.6 Å². The molecule has 0 amide bonds. The molecule has 11 heteroatoms. The normalized spacial score (nSPS) is 24.4. The second-order valence-electron chi connectivity index (χ2n) is 9.21. The Hall–Kier alpha value is -3.31. The monoisotopic (exact) mass is 500 g/mol. The van der Waals surface area contributed by atoms with Gasteiger partial charge in [0.25, 0.3) is 0 Å². The SMILES string of the molecule is Cc1ncc(CCN2CCOCC2)cc1NC1=NC23N=CC=C(C(F)(F)F)C=C2CC(=O)CC3=CN1. The van der Waals surface area contributed by atoms with E-state index in [4.69, 9.17) is 9.73 Å². The molecule has 3 aliphatic heterocycles. The van der Waals surface area contributed by atoms with Crippen LogP contribution >= 0.6 is 0 Å². The summed E-state index contributed by atoms with van der Waals surface area (Å²) >= 11 is 0. The van der Waals surface area contributed by atoms with E-state index in [9.17, 15) is 18.0 Å². The predicted molar refractivity (Wildman–Crippen MR) is 130 cm³/mol. The first-order valence-corrected chi connectivity index (χ1v) is 11.9. The molecule has 1 saturated carbocycles. The molecule has 36 heavy (non-hydrogen) atoms. The van der Waals surface area contributed by atoms with Crippen molar-refractivity contribution in [2.45, 2.75) is 38.0 Å². The van der Waals surface area contributed by atoms with Gasteiger partial charge < -0.3 is 15.4 Å². The zero-order valence-corrected chi connectivity index (χ0v) is 19.9. The molecule has 2 fully saturated rings. The van der Waals surface area contributed by atoms with Gasteiger partial charge in [0.2, 0.25) is 5.96 Å². The Morgan fingerprint density at radius 3 is 2.78 bits per heavy atom. The topological polar surface area (TPSA) is 91.2 Å². The Morgan fingerprint density at radius 1 is 1.22 bits per heavy atom. The van der Waals surface area contributed by atoms with Crippen molar-refractivity contribution in [1.29, 1.82) is 0 Å². The number of guanidine groups is 1. The number of pyridine rings is 1. The number of ether oxygens (including phenoxy) is 1. The molecule has 1 saturated heterocycles. The summed E-state index contributed by atoms with van der Waals surface area (Å²) in [7, 11) is 0. The number of ketones is 1. The summed E-state index contributed by atoms with van der Waals surface area (Å²) in [6.07, 6.45) is 2.69. The molecule has 1 aliphatic carbocycles. The van der Waals surface area contributed by atoms with E-state index in [0.29, 0.717) is 11.5 Å². The lowest BCUT2D eigenvalue weighted by molar-refractivity contribution is -0.118. The number of alkyl halides is 3. The van der Waals surface area contributed by atoms with E-state index >= 15 is 0 Å². The second kappa shape index (κ2) is 9.62. The van der Waals surface area contributed by atoms with Gasteiger partial charge in [-0.2, -0.15) is 13.2 Å². The molecule has 2 N–H and O–H groups in total. The minimum absolute atomic E-state index is 0.0669.